The van der Waals surface area contributed by atoms with Crippen LogP contribution in [-0.2, 0) is 28.8 Å². The Hall–Kier alpha value is -3.68. The van der Waals surface area contributed by atoms with Crippen molar-refractivity contribution in [2.75, 3.05) is 34.9 Å². The molecule has 3 aromatic carbocycles. The number of amides is 3. The summed E-state index contributed by atoms with van der Waals surface area (Å²) in [7, 11) is 6.14. The Morgan fingerprint density at radius 3 is 1.80 bits per heavy atom. The Morgan fingerprint density at radius 1 is 0.837 bits per heavy atom. The normalized spacial score (nSPS) is 27.0. The summed E-state index contributed by atoms with van der Waals surface area (Å²) in [5.41, 5.74) is -1.91. The fourth-order valence-electron chi connectivity index (χ4n) is 7.28. The van der Waals surface area contributed by atoms with Gasteiger partial charge in [-0.1, -0.05) is 68.4 Å². The molecule has 2 fully saturated rings. The van der Waals surface area contributed by atoms with Crippen molar-refractivity contribution >= 4 is 27.9 Å². The molecular formula is C37H48BrN3O8. The number of imide groups is 1. The molecule has 0 aliphatic carbocycles. The number of halogens is 1. The highest BCUT2D eigenvalue weighted by Gasteiger charge is 2.73. The summed E-state index contributed by atoms with van der Waals surface area (Å²) < 4.78 is 21.9. The van der Waals surface area contributed by atoms with E-state index in [4.69, 9.17) is 18.9 Å². The van der Waals surface area contributed by atoms with Crippen LogP contribution in [0.2, 0.25) is 0 Å². The fourth-order valence-corrected chi connectivity index (χ4v) is 8.10. The first-order valence-corrected chi connectivity index (χ1v) is 16.7. The summed E-state index contributed by atoms with van der Waals surface area (Å²) in [6, 6.07) is 21.6. The maximum absolute atomic E-state index is 14.1. The van der Waals surface area contributed by atoms with E-state index >= 15 is 0 Å². The summed E-state index contributed by atoms with van der Waals surface area (Å²) in [6.07, 6.45) is -2.05. The number of ether oxygens (including phenoxy) is 4. The number of hydrogen-bond acceptors (Lipinski definition) is 9. The van der Waals surface area contributed by atoms with Gasteiger partial charge in [0, 0.05) is 26.4 Å². The zero-order valence-corrected chi connectivity index (χ0v) is 30.8. The third-order valence-corrected chi connectivity index (χ3v) is 11.8. The third-order valence-electron chi connectivity index (χ3n) is 10.2. The number of methoxy groups -OCH3 is 3. The van der Waals surface area contributed by atoms with Crippen molar-refractivity contribution in [3.05, 3.63) is 89.5 Å². The van der Waals surface area contributed by atoms with Gasteiger partial charge in [-0.2, -0.15) is 0 Å². The van der Waals surface area contributed by atoms with Gasteiger partial charge in [0.25, 0.3) is 0 Å². The van der Waals surface area contributed by atoms with Crippen LogP contribution in [0.15, 0.2) is 72.8 Å². The number of carbonyl (C=O) groups is 2. The Labute approximate surface area is 296 Å². The molecule has 5 atom stereocenters. The number of aliphatic hydroxyl groups is 2. The van der Waals surface area contributed by atoms with E-state index in [-0.39, 0.29) is 37.9 Å². The number of rotatable bonds is 11. The van der Waals surface area contributed by atoms with Crippen molar-refractivity contribution in [2.24, 2.45) is 10.8 Å². The average Bonchev–Trinajstić information content (AvgIpc) is 3.23. The van der Waals surface area contributed by atoms with Gasteiger partial charge in [-0.25, -0.2) is 4.79 Å². The summed E-state index contributed by atoms with van der Waals surface area (Å²) in [5.74, 6) is 1.44. The summed E-state index contributed by atoms with van der Waals surface area (Å²) in [4.78, 5) is 30.5. The second kappa shape index (κ2) is 14.3. The van der Waals surface area contributed by atoms with E-state index in [1.165, 1.54) is 11.9 Å². The van der Waals surface area contributed by atoms with Crippen LogP contribution >= 0.6 is 15.9 Å². The standard InChI is InChI=1S/C37H45BrN2O8.H3N/c1-34(2)36(44,22-26-16-10-13-19-30(26)47-7)31(27(41)20-24-14-8-11-17-28(24)45-5)48-37(34,38)40-23-35(3,32(42)39(4)33(40)43)21-25-15-9-12-18-29(25)46-6;/h8-19,27,31,41,44H,20-23H2,1-7H3;1H3/t27?,31-,35?,36-,37+;/m1./s1. The number of alkyl halides is 1. The highest BCUT2D eigenvalue weighted by atomic mass is 79.9. The predicted molar refractivity (Wildman–Crippen MR) is 189 cm³/mol. The number of carbonyl (C=O) groups excluding carboxylic acids is 2. The van der Waals surface area contributed by atoms with Crippen molar-refractivity contribution in [1.29, 1.82) is 0 Å². The molecule has 11 nitrogen and oxygen atoms in total. The van der Waals surface area contributed by atoms with Gasteiger partial charge in [-0.05, 0) is 64.2 Å². The van der Waals surface area contributed by atoms with Gasteiger partial charge in [0.05, 0.1) is 38.3 Å². The first-order valence-electron chi connectivity index (χ1n) is 15.9. The molecule has 5 rings (SSSR count). The second-order valence-corrected chi connectivity index (χ2v) is 14.6. The van der Waals surface area contributed by atoms with Gasteiger partial charge in [0.2, 0.25) is 10.5 Å². The molecular weight excluding hydrogens is 694 g/mol. The van der Waals surface area contributed by atoms with Gasteiger partial charge in [0.1, 0.15) is 29.0 Å². The van der Waals surface area contributed by atoms with E-state index < -0.39 is 39.3 Å². The third kappa shape index (κ3) is 6.41. The van der Waals surface area contributed by atoms with Gasteiger partial charge >= 0.3 is 6.03 Å². The Kier molecular flexibility index (Phi) is 11.1. The average molecular weight is 743 g/mol. The SMILES string of the molecule is COc1ccccc1CC(O)[C@H]1O[C@@](Br)(N2CC(C)(Cc3ccccc3OC)C(=O)N(C)C2=O)C(C)(C)[C@@]1(O)Cc1ccccc1OC.N. The first-order chi connectivity index (χ1) is 22.7. The number of urea groups is 1. The van der Waals surface area contributed by atoms with Gasteiger partial charge in [-0.15, -0.1) is 0 Å². The van der Waals surface area contributed by atoms with Gasteiger partial charge in [-0.3, -0.25) is 14.6 Å². The Balaban J connectivity index is 0.00000541. The zero-order valence-electron chi connectivity index (χ0n) is 29.2. The molecule has 12 heteroatoms. The minimum Gasteiger partial charge on any atom is -0.496 e. The number of para-hydroxylation sites is 3. The van der Waals surface area contributed by atoms with Crippen molar-refractivity contribution in [3.63, 3.8) is 0 Å². The predicted octanol–water partition coefficient (Wildman–Crippen LogP) is 5.37. The lowest BCUT2D eigenvalue weighted by Crippen LogP contribution is -2.69. The second-order valence-electron chi connectivity index (χ2n) is 13.5. The van der Waals surface area contributed by atoms with E-state index in [0.717, 1.165) is 16.0 Å². The maximum Gasteiger partial charge on any atom is 0.329 e. The molecule has 2 saturated heterocycles. The van der Waals surface area contributed by atoms with Crippen LogP contribution in [0.5, 0.6) is 17.2 Å². The van der Waals surface area contributed by atoms with Crippen LogP contribution in [-0.4, -0.2) is 89.3 Å². The van der Waals surface area contributed by atoms with E-state index in [1.54, 1.807) is 47.3 Å². The largest absolute Gasteiger partial charge is 0.496 e. The van der Waals surface area contributed by atoms with Crippen LogP contribution in [0.4, 0.5) is 4.79 Å². The molecule has 2 aliphatic heterocycles. The molecule has 0 radical (unpaired) electrons. The fraction of sp³-hybridized carbons (Fsp3) is 0.459. The lowest BCUT2D eigenvalue weighted by molar-refractivity contribution is -0.158. The molecule has 49 heavy (non-hydrogen) atoms. The molecule has 0 saturated carbocycles. The lowest BCUT2D eigenvalue weighted by Gasteiger charge is -2.53. The van der Waals surface area contributed by atoms with E-state index in [2.05, 4.69) is 15.9 Å². The maximum atomic E-state index is 14.1. The summed E-state index contributed by atoms with van der Waals surface area (Å²) in [5, 5.41) is 25.0. The number of aliphatic hydroxyl groups excluding tert-OH is 1. The molecule has 2 unspecified atom stereocenters. The molecule has 0 bridgehead atoms. The topological polar surface area (TPSA) is 153 Å². The summed E-state index contributed by atoms with van der Waals surface area (Å²) in [6.45, 7) is 5.37. The van der Waals surface area contributed by atoms with E-state index in [0.29, 0.717) is 22.8 Å². The van der Waals surface area contributed by atoms with E-state index in [9.17, 15) is 19.8 Å². The van der Waals surface area contributed by atoms with Gasteiger partial charge < -0.3 is 35.3 Å². The lowest BCUT2D eigenvalue weighted by atomic mass is 9.67. The van der Waals surface area contributed by atoms with Crippen LogP contribution in [0, 0.1) is 10.8 Å². The minimum absolute atomic E-state index is 0. The van der Waals surface area contributed by atoms with Crippen molar-refractivity contribution < 1.29 is 38.7 Å². The highest BCUT2D eigenvalue weighted by molar-refractivity contribution is 9.10. The molecule has 0 spiro atoms. The van der Waals surface area contributed by atoms with Crippen LogP contribution in [0.3, 0.4) is 0 Å². The van der Waals surface area contributed by atoms with Crippen molar-refractivity contribution in [2.45, 2.75) is 62.5 Å². The molecule has 266 valence electrons. The molecule has 0 aromatic heterocycles. The van der Waals surface area contributed by atoms with Crippen LogP contribution < -0.4 is 20.4 Å². The molecule has 3 aromatic rings. The first kappa shape index (κ1) is 38.1. The monoisotopic (exact) mass is 741 g/mol. The molecule has 3 amide bonds. The quantitative estimate of drug-likeness (QED) is 0.174. The highest BCUT2D eigenvalue weighted by Crippen LogP contribution is 2.61. The van der Waals surface area contributed by atoms with Crippen molar-refractivity contribution in [1.82, 2.24) is 16.0 Å². The molecule has 2 heterocycles. The Bertz CT molecular complexity index is 1670. The molecule has 5 N–H and O–H groups in total. The minimum atomic E-state index is -1.77. The van der Waals surface area contributed by atoms with Crippen LogP contribution in [0.1, 0.15) is 37.5 Å². The zero-order chi connectivity index (χ0) is 35.1. The number of nitrogens with zero attached hydrogens (tertiary/aromatic N) is 2. The smallest absolute Gasteiger partial charge is 0.329 e. The van der Waals surface area contributed by atoms with E-state index in [1.807, 2.05) is 67.6 Å². The summed E-state index contributed by atoms with van der Waals surface area (Å²) >= 11 is 3.82. The van der Waals surface area contributed by atoms with Crippen molar-refractivity contribution in [3.8, 4) is 17.2 Å². The number of hydrogen-bond donors (Lipinski definition) is 3. The molecule has 2 aliphatic rings. The van der Waals surface area contributed by atoms with Gasteiger partial charge in [0.15, 0.2) is 0 Å². The Morgan fingerprint density at radius 2 is 1.29 bits per heavy atom. The van der Waals surface area contributed by atoms with Crippen LogP contribution in [0.25, 0.3) is 0 Å². The number of benzene rings is 3.